The third-order valence-corrected chi connectivity index (χ3v) is 6.61. The standard InChI is InChI=1S/C19H26O4/c1-10(2)17(20)22-14-6-12(4)18(5)7-13-11(3)9-21-15(13)8-19(18)16(14)23-19/h9-10,12,14,16H,6-8H2,1-5H3/t12-,14-,16+,18+,19+/m0/s1. The van der Waals surface area contributed by atoms with Gasteiger partial charge in [0.1, 0.15) is 23.6 Å². The summed E-state index contributed by atoms with van der Waals surface area (Å²) in [4.78, 5) is 12.0. The Morgan fingerprint density at radius 3 is 2.83 bits per heavy atom. The van der Waals surface area contributed by atoms with Crippen LogP contribution in [0.3, 0.4) is 0 Å². The maximum atomic E-state index is 12.0. The van der Waals surface area contributed by atoms with E-state index in [1.165, 1.54) is 11.1 Å². The van der Waals surface area contributed by atoms with Gasteiger partial charge in [-0.1, -0.05) is 27.7 Å². The fourth-order valence-electron chi connectivity index (χ4n) is 4.75. The molecular weight excluding hydrogens is 292 g/mol. The molecule has 126 valence electrons. The molecule has 0 unspecified atom stereocenters. The van der Waals surface area contributed by atoms with Gasteiger partial charge in [-0.3, -0.25) is 4.79 Å². The lowest BCUT2D eigenvalue weighted by molar-refractivity contribution is -0.156. The first kappa shape index (κ1) is 15.3. The second kappa shape index (κ2) is 4.62. The Bertz CT molecular complexity index is 660. The van der Waals surface area contributed by atoms with Gasteiger partial charge in [0.05, 0.1) is 12.2 Å². The van der Waals surface area contributed by atoms with Gasteiger partial charge in [-0.2, -0.15) is 0 Å². The number of rotatable bonds is 2. The molecule has 1 saturated carbocycles. The smallest absolute Gasteiger partial charge is 0.308 e. The molecule has 0 aromatic carbocycles. The Morgan fingerprint density at radius 2 is 2.13 bits per heavy atom. The van der Waals surface area contributed by atoms with E-state index in [0.29, 0.717) is 5.92 Å². The molecule has 4 nitrogen and oxygen atoms in total. The van der Waals surface area contributed by atoms with E-state index in [-0.39, 0.29) is 35.1 Å². The highest BCUT2D eigenvalue weighted by atomic mass is 16.6. The molecule has 4 heteroatoms. The molecule has 0 bridgehead atoms. The van der Waals surface area contributed by atoms with Crippen LogP contribution in [-0.2, 0) is 27.1 Å². The van der Waals surface area contributed by atoms with Gasteiger partial charge in [0.2, 0.25) is 0 Å². The van der Waals surface area contributed by atoms with Crippen molar-refractivity contribution in [1.82, 2.24) is 0 Å². The van der Waals surface area contributed by atoms with Gasteiger partial charge in [-0.25, -0.2) is 0 Å². The maximum Gasteiger partial charge on any atom is 0.308 e. The van der Waals surface area contributed by atoms with E-state index in [1.807, 2.05) is 20.1 Å². The molecule has 1 aromatic rings. The fraction of sp³-hybridized carbons (Fsp3) is 0.737. The topological polar surface area (TPSA) is 52.0 Å². The van der Waals surface area contributed by atoms with E-state index in [2.05, 4.69) is 20.8 Å². The molecule has 0 radical (unpaired) electrons. The molecule has 3 aliphatic rings. The van der Waals surface area contributed by atoms with Gasteiger partial charge in [0.25, 0.3) is 0 Å². The average Bonchev–Trinajstić information content (AvgIpc) is 3.12. The number of esters is 1. The fourth-order valence-corrected chi connectivity index (χ4v) is 4.75. The van der Waals surface area contributed by atoms with Gasteiger partial charge in [0.15, 0.2) is 0 Å². The molecule has 4 rings (SSSR count). The van der Waals surface area contributed by atoms with Crippen LogP contribution in [0, 0.1) is 24.2 Å². The zero-order chi connectivity index (χ0) is 16.6. The Hall–Kier alpha value is -1.29. The Labute approximate surface area is 137 Å². The third kappa shape index (κ3) is 1.90. The molecule has 1 saturated heterocycles. The zero-order valence-electron chi connectivity index (χ0n) is 14.6. The Morgan fingerprint density at radius 1 is 1.39 bits per heavy atom. The van der Waals surface area contributed by atoms with Crippen LogP contribution in [0.4, 0.5) is 0 Å². The minimum absolute atomic E-state index is 0.0185. The van der Waals surface area contributed by atoms with Crippen LogP contribution in [-0.4, -0.2) is 23.8 Å². The SMILES string of the molecule is Cc1coc2c1C[C@]1(C)[C@@H](C)C[C@H](OC(=O)C(C)C)[C@H]3O[C@]31C2. The van der Waals surface area contributed by atoms with Crippen molar-refractivity contribution >= 4 is 5.97 Å². The van der Waals surface area contributed by atoms with Crippen molar-refractivity contribution in [1.29, 1.82) is 0 Å². The summed E-state index contributed by atoms with van der Waals surface area (Å²) in [5.74, 6) is 1.28. The van der Waals surface area contributed by atoms with Crippen LogP contribution in [0.15, 0.2) is 10.7 Å². The molecular formula is C19H26O4. The summed E-state index contributed by atoms with van der Waals surface area (Å²) >= 11 is 0. The van der Waals surface area contributed by atoms with Crippen LogP contribution < -0.4 is 0 Å². The van der Waals surface area contributed by atoms with Crippen LogP contribution in [0.5, 0.6) is 0 Å². The number of ether oxygens (including phenoxy) is 2. The van der Waals surface area contributed by atoms with Crippen molar-refractivity contribution < 1.29 is 18.7 Å². The lowest BCUT2D eigenvalue weighted by Gasteiger charge is -2.48. The number of aryl methyl sites for hydroxylation is 1. The summed E-state index contributed by atoms with van der Waals surface area (Å²) in [6.07, 6.45) is 4.44. The molecule has 23 heavy (non-hydrogen) atoms. The summed E-state index contributed by atoms with van der Waals surface area (Å²) in [7, 11) is 0. The number of hydrogen-bond donors (Lipinski definition) is 0. The number of fused-ring (bicyclic) bond motifs is 1. The highest BCUT2D eigenvalue weighted by molar-refractivity contribution is 5.71. The second-order valence-electron chi connectivity index (χ2n) is 8.29. The lowest BCUT2D eigenvalue weighted by Crippen LogP contribution is -2.55. The van der Waals surface area contributed by atoms with Crippen molar-refractivity contribution in [3.8, 4) is 0 Å². The van der Waals surface area contributed by atoms with Crippen molar-refractivity contribution in [2.24, 2.45) is 17.3 Å². The van der Waals surface area contributed by atoms with Crippen molar-refractivity contribution in [3.05, 3.63) is 23.2 Å². The largest absolute Gasteiger partial charge is 0.469 e. The van der Waals surface area contributed by atoms with Gasteiger partial charge in [0, 0.05) is 11.8 Å². The van der Waals surface area contributed by atoms with E-state index < -0.39 is 0 Å². The quantitative estimate of drug-likeness (QED) is 0.619. The minimum atomic E-state index is -0.218. The van der Waals surface area contributed by atoms with Crippen LogP contribution >= 0.6 is 0 Å². The molecule has 0 amide bonds. The normalized spacial score (nSPS) is 41.0. The van der Waals surface area contributed by atoms with Crippen LogP contribution in [0.25, 0.3) is 0 Å². The Kier molecular flexibility index (Phi) is 3.07. The molecule has 1 aromatic heterocycles. The van der Waals surface area contributed by atoms with Gasteiger partial charge in [-0.15, -0.1) is 0 Å². The van der Waals surface area contributed by atoms with E-state index in [4.69, 9.17) is 13.9 Å². The number of carbonyl (C=O) groups is 1. The van der Waals surface area contributed by atoms with Crippen molar-refractivity contribution in [3.63, 3.8) is 0 Å². The van der Waals surface area contributed by atoms with Gasteiger partial charge < -0.3 is 13.9 Å². The monoisotopic (exact) mass is 318 g/mol. The van der Waals surface area contributed by atoms with Crippen LogP contribution in [0.1, 0.15) is 51.0 Å². The van der Waals surface area contributed by atoms with E-state index in [0.717, 1.165) is 25.0 Å². The highest BCUT2D eigenvalue weighted by Crippen LogP contribution is 2.66. The summed E-state index contributed by atoms with van der Waals surface area (Å²) in [6.45, 7) is 10.5. The zero-order valence-corrected chi connectivity index (χ0v) is 14.6. The summed E-state index contributed by atoms with van der Waals surface area (Å²) in [5, 5.41) is 0. The molecule has 0 N–H and O–H groups in total. The molecule has 2 heterocycles. The highest BCUT2D eigenvalue weighted by Gasteiger charge is 2.75. The number of carbonyl (C=O) groups excluding carboxylic acids is 1. The molecule has 1 spiro atoms. The van der Waals surface area contributed by atoms with E-state index in [1.54, 1.807) is 0 Å². The summed E-state index contributed by atoms with van der Waals surface area (Å²) < 4.78 is 17.8. The second-order valence-corrected chi connectivity index (χ2v) is 8.29. The summed E-state index contributed by atoms with van der Waals surface area (Å²) in [6, 6.07) is 0. The van der Waals surface area contributed by atoms with Crippen LogP contribution in [0.2, 0.25) is 0 Å². The van der Waals surface area contributed by atoms with Gasteiger partial charge >= 0.3 is 5.97 Å². The lowest BCUT2D eigenvalue weighted by atomic mass is 9.54. The molecule has 1 aliphatic heterocycles. The maximum absolute atomic E-state index is 12.0. The summed E-state index contributed by atoms with van der Waals surface area (Å²) in [5.41, 5.74) is 2.47. The number of furan rings is 1. The van der Waals surface area contributed by atoms with E-state index in [9.17, 15) is 4.79 Å². The molecule has 2 fully saturated rings. The third-order valence-electron chi connectivity index (χ3n) is 6.61. The average molecular weight is 318 g/mol. The predicted octanol–water partition coefficient (Wildman–Crippen LogP) is 3.44. The predicted molar refractivity (Wildman–Crippen MR) is 85.1 cm³/mol. The molecule has 5 atom stereocenters. The Balaban J connectivity index is 1.65. The first-order valence-electron chi connectivity index (χ1n) is 8.72. The first-order valence-corrected chi connectivity index (χ1v) is 8.72. The van der Waals surface area contributed by atoms with Gasteiger partial charge in [-0.05, 0) is 36.8 Å². The van der Waals surface area contributed by atoms with Crippen molar-refractivity contribution in [2.75, 3.05) is 0 Å². The number of hydrogen-bond acceptors (Lipinski definition) is 4. The van der Waals surface area contributed by atoms with E-state index >= 15 is 0 Å². The number of epoxide rings is 1. The molecule has 2 aliphatic carbocycles. The van der Waals surface area contributed by atoms with Crippen molar-refractivity contribution in [2.45, 2.75) is 71.7 Å². The first-order chi connectivity index (χ1) is 10.8. The minimum Gasteiger partial charge on any atom is -0.469 e.